The number of urea groups is 1. The molecular weight excluding hydrogens is 392 g/mol. The van der Waals surface area contributed by atoms with Gasteiger partial charge in [-0.2, -0.15) is 0 Å². The molecule has 2 amide bonds. The largest absolute Gasteiger partial charge is 0.489 e. The molecule has 1 N–H and O–H groups in total. The van der Waals surface area contributed by atoms with E-state index < -0.39 is 0 Å². The highest BCUT2D eigenvalue weighted by Crippen LogP contribution is 2.39. The summed E-state index contributed by atoms with van der Waals surface area (Å²) >= 11 is 1.79. The van der Waals surface area contributed by atoms with Gasteiger partial charge < -0.3 is 15.0 Å². The molecule has 1 fully saturated rings. The number of carbonyl (C=O) groups excluding carboxylic acids is 1. The monoisotopic (exact) mass is 418 g/mol. The summed E-state index contributed by atoms with van der Waals surface area (Å²) in [4.78, 5) is 14.9. The number of hydrogen-bond donors (Lipinski definition) is 1. The minimum absolute atomic E-state index is 0.0123. The zero-order valence-electron chi connectivity index (χ0n) is 17.3. The number of hydrogen-bond acceptors (Lipinski definition) is 3. The Morgan fingerprint density at radius 2 is 1.80 bits per heavy atom. The summed E-state index contributed by atoms with van der Waals surface area (Å²) in [5.74, 6) is 1.76. The normalized spacial score (nSPS) is 15.8. The summed E-state index contributed by atoms with van der Waals surface area (Å²) in [6, 6.07) is 24.1. The number of benzene rings is 3. The molecule has 5 heteroatoms. The highest BCUT2D eigenvalue weighted by atomic mass is 32.2. The Balaban J connectivity index is 1.41. The van der Waals surface area contributed by atoms with Crippen LogP contribution in [0.2, 0.25) is 0 Å². The average molecular weight is 419 g/mol. The van der Waals surface area contributed by atoms with Crippen LogP contribution in [0.3, 0.4) is 0 Å². The molecule has 0 radical (unpaired) electrons. The second-order valence-corrected chi connectivity index (χ2v) is 8.63. The van der Waals surface area contributed by atoms with Crippen LogP contribution in [0.1, 0.15) is 27.6 Å². The van der Waals surface area contributed by atoms with E-state index in [9.17, 15) is 4.79 Å². The van der Waals surface area contributed by atoms with E-state index in [1.165, 1.54) is 5.56 Å². The van der Waals surface area contributed by atoms with E-state index in [1.54, 1.807) is 11.8 Å². The molecule has 0 aliphatic carbocycles. The third-order valence-electron chi connectivity index (χ3n) is 5.41. The molecule has 0 aromatic heterocycles. The number of ether oxygens (including phenoxy) is 1. The first-order chi connectivity index (χ1) is 14.6. The molecule has 154 valence electrons. The van der Waals surface area contributed by atoms with E-state index in [-0.39, 0.29) is 11.4 Å². The second kappa shape index (κ2) is 9.26. The number of rotatable bonds is 5. The van der Waals surface area contributed by atoms with Crippen molar-refractivity contribution in [3.63, 3.8) is 0 Å². The van der Waals surface area contributed by atoms with E-state index in [4.69, 9.17) is 4.74 Å². The Bertz CT molecular complexity index is 1010. The molecule has 1 aliphatic heterocycles. The lowest BCUT2D eigenvalue weighted by atomic mass is 10.1. The van der Waals surface area contributed by atoms with Crippen molar-refractivity contribution in [1.29, 1.82) is 0 Å². The highest BCUT2D eigenvalue weighted by molar-refractivity contribution is 7.99. The zero-order valence-corrected chi connectivity index (χ0v) is 18.1. The quantitative estimate of drug-likeness (QED) is 0.539. The van der Waals surface area contributed by atoms with Crippen molar-refractivity contribution in [2.45, 2.75) is 25.8 Å². The maximum atomic E-state index is 13.0. The Morgan fingerprint density at radius 3 is 2.57 bits per heavy atom. The third-order valence-corrected chi connectivity index (χ3v) is 6.67. The number of aryl methyl sites for hydroxylation is 1. The van der Waals surface area contributed by atoms with Gasteiger partial charge in [0.05, 0.1) is 0 Å². The average Bonchev–Trinajstić information content (AvgIpc) is 3.27. The standard InChI is InChI=1S/C25H26N2O2S/c1-18-7-6-10-23(19(18)2)26-25(28)27-15-16-30-24(27)21-11-13-22(14-12-21)29-17-20-8-4-3-5-9-20/h3-14,24H,15-17H2,1-2H3,(H,26,28). The number of anilines is 1. The van der Waals surface area contributed by atoms with Gasteiger partial charge in [0.25, 0.3) is 0 Å². The van der Waals surface area contributed by atoms with Crippen molar-refractivity contribution in [2.75, 3.05) is 17.6 Å². The molecule has 3 aromatic rings. The molecule has 1 saturated heterocycles. The van der Waals surface area contributed by atoms with E-state index in [1.807, 2.05) is 54.3 Å². The molecule has 4 nitrogen and oxygen atoms in total. The topological polar surface area (TPSA) is 41.6 Å². The summed E-state index contributed by atoms with van der Waals surface area (Å²) in [6.45, 7) is 5.37. The van der Waals surface area contributed by atoms with Gasteiger partial charge in [0.2, 0.25) is 0 Å². The Morgan fingerprint density at radius 1 is 1.03 bits per heavy atom. The summed E-state index contributed by atoms with van der Waals surface area (Å²) in [7, 11) is 0. The van der Waals surface area contributed by atoms with Crippen molar-refractivity contribution >= 4 is 23.5 Å². The minimum atomic E-state index is -0.0527. The van der Waals surface area contributed by atoms with E-state index in [0.29, 0.717) is 6.61 Å². The van der Waals surface area contributed by atoms with Gasteiger partial charge in [0, 0.05) is 18.0 Å². The summed E-state index contributed by atoms with van der Waals surface area (Å²) < 4.78 is 5.89. The molecule has 0 bridgehead atoms. The van der Waals surface area contributed by atoms with E-state index >= 15 is 0 Å². The van der Waals surface area contributed by atoms with Crippen LogP contribution in [0.5, 0.6) is 5.75 Å². The van der Waals surface area contributed by atoms with Crippen LogP contribution in [-0.2, 0) is 6.61 Å². The van der Waals surface area contributed by atoms with Crippen molar-refractivity contribution in [3.8, 4) is 5.75 Å². The van der Waals surface area contributed by atoms with E-state index in [0.717, 1.165) is 40.4 Å². The molecule has 0 saturated carbocycles. The van der Waals surface area contributed by atoms with Crippen LogP contribution >= 0.6 is 11.8 Å². The predicted octanol–water partition coefficient (Wildman–Crippen LogP) is 6.16. The fourth-order valence-electron chi connectivity index (χ4n) is 3.50. The zero-order chi connectivity index (χ0) is 20.9. The van der Waals surface area contributed by atoms with Gasteiger partial charge in [-0.1, -0.05) is 54.6 Å². The van der Waals surface area contributed by atoms with Crippen LogP contribution in [0, 0.1) is 13.8 Å². The highest BCUT2D eigenvalue weighted by Gasteiger charge is 2.31. The van der Waals surface area contributed by atoms with Crippen LogP contribution in [-0.4, -0.2) is 23.2 Å². The van der Waals surface area contributed by atoms with Gasteiger partial charge in [-0.15, -0.1) is 11.8 Å². The van der Waals surface area contributed by atoms with Crippen LogP contribution in [0.15, 0.2) is 72.8 Å². The van der Waals surface area contributed by atoms with Crippen LogP contribution in [0.4, 0.5) is 10.5 Å². The van der Waals surface area contributed by atoms with Gasteiger partial charge in [0.1, 0.15) is 17.7 Å². The SMILES string of the molecule is Cc1cccc(NC(=O)N2CCSC2c2ccc(OCc3ccccc3)cc2)c1C. The lowest BCUT2D eigenvalue weighted by Crippen LogP contribution is -2.34. The lowest BCUT2D eigenvalue weighted by Gasteiger charge is -2.25. The molecule has 1 atom stereocenters. The van der Waals surface area contributed by atoms with Crippen molar-refractivity contribution < 1.29 is 9.53 Å². The third kappa shape index (κ3) is 4.62. The summed E-state index contributed by atoms with van der Waals surface area (Å²) in [6.07, 6.45) is 0. The van der Waals surface area contributed by atoms with Gasteiger partial charge in [-0.05, 0) is 54.3 Å². The van der Waals surface area contributed by atoms with Gasteiger partial charge in [-0.25, -0.2) is 4.79 Å². The number of nitrogens with one attached hydrogen (secondary N) is 1. The fraction of sp³-hybridized carbons (Fsp3) is 0.240. The lowest BCUT2D eigenvalue weighted by molar-refractivity contribution is 0.214. The van der Waals surface area contributed by atoms with Gasteiger partial charge in [0.15, 0.2) is 0 Å². The van der Waals surface area contributed by atoms with Crippen LogP contribution in [0.25, 0.3) is 0 Å². The number of nitrogens with zero attached hydrogens (tertiary/aromatic N) is 1. The Hall–Kier alpha value is -2.92. The van der Waals surface area contributed by atoms with Crippen molar-refractivity contribution in [2.24, 2.45) is 0 Å². The Labute approximate surface area is 182 Å². The number of carbonyl (C=O) groups is 1. The van der Waals surface area contributed by atoms with Crippen molar-refractivity contribution in [1.82, 2.24) is 4.90 Å². The molecular formula is C25H26N2O2S. The van der Waals surface area contributed by atoms with Gasteiger partial charge in [-0.3, -0.25) is 0 Å². The maximum Gasteiger partial charge on any atom is 0.323 e. The van der Waals surface area contributed by atoms with Gasteiger partial charge >= 0.3 is 6.03 Å². The van der Waals surface area contributed by atoms with Crippen molar-refractivity contribution in [3.05, 3.63) is 95.1 Å². The maximum absolute atomic E-state index is 13.0. The molecule has 1 aliphatic rings. The Kier molecular flexibility index (Phi) is 6.29. The number of amides is 2. The molecule has 4 rings (SSSR count). The summed E-state index contributed by atoms with van der Waals surface area (Å²) in [5, 5.41) is 3.10. The first-order valence-corrected chi connectivity index (χ1v) is 11.2. The predicted molar refractivity (Wildman–Crippen MR) is 124 cm³/mol. The molecule has 1 heterocycles. The fourth-order valence-corrected chi connectivity index (χ4v) is 4.75. The van der Waals surface area contributed by atoms with E-state index in [2.05, 4.69) is 42.6 Å². The van der Waals surface area contributed by atoms with Crippen LogP contribution < -0.4 is 10.1 Å². The number of thioether (sulfide) groups is 1. The first kappa shape index (κ1) is 20.4. The first-order valence-electron chi connectivity index (χ1n) is 10.1. The molecule has 30 heavy (non-hydrogen) atoms. The molecule has 1 unspecified atom stereocenters. The molecule has 0 spiro atoms. The second-order valence-electron chi connectivity index (χ2n) is 7.44. The molecule has 3 aromatic carbocycles. The summed E-state index contributed by atoms with van der Waals surface area (Å²) in [5.41, 5.74) is 5.41. The minimum Gasteiger partial charge on any atom is -0.489 e. The smallest absolute Gasteiger partial charge is 0.323 e.